The van der Waals surface area contributed by atoms with Crippen molar-refractivity contribution >= 4 is 17.7 Å². The molecule has 0 amide bonds. The van der Waals surface area contributed by atoms with Gasteiger partial charge in [0.15, 0.2) is 0 Å². The van der Waals surface area contributed by atoms with E-state index in [9.17, 15) is 14.4 Å². The molecule has 2 fully saturated rings. The molecule has 1 N–H and O–H groups in total. The van der Waals surface area contributed by atoms with Crippen LogP contribution in [-0.4, -0.2) is 22.8 Å². The Labute approximate surface area is 165 Å². The van der Waals surface area contributed by atoms with E-state index in [4.69, 9.17) is 9.84 Å². The zero-order valence-electron chi connectivity index (χ0n) is 16.4. The van der Waals surface area contributed by atoms with Gasteiger partial charge in [0.1, 0.15) is 11.5 Å². The summed E-state index contributed by atoms with van der Waals surface area (Å²) in [6.07, 6.45) is 6.27. The Bertz CT molecular complexity index is 813. The number of fused-ring (bicyclic) bond motifs is 5. The van der Waals surface area contributed by atoms with Crippen LogP contribution < -0.4 is 4.74 Å². The van der Waals surface area contributed by atoms with Gasteiger partial charge in [-0.2, -0.15) is 0 Å². The summed E-state index contributed by atoms with van der Waals surface area (Å²) in [7, 11) is 0. The van der Waals surface area contributed by atoms with Crippen molar-refractivity contribution in [3.8, 4) is 5.75 Å². The fourth-order valence-electron chi connectivity index (χ4n) is 5.96. The third-order valence-corrected chi connectivity index (χ3v) is 7.41. The SMILES string of the molecule is C[C@]12CC[C@@H]3c4ccc(OC(=O)CCCC(=O)O)cc4CC[C@H]3[C@@H]1CCC2=O. The normalized spacial score (nSPS) is 30.9. The summed E-state index contributed by atoms with van der Waals surface area (Å²) in [5.41, 5.74) is 2.51. The molecule has 0 radical (unpaired) electrons. The molecular formula is C23H28O5. The van der Waals surface area contributed by atoms with Crippen LogP contribution in [0.2, 0.25) is 0 Å². The van der Waals surface area contributed by atoms with E-state index in [-0.39, 0.29) is 24.2 Å². The maximum absolute atomic E-state index is 12.4. The number of Topliss-reactive ketones (excluding diaryl/α,β-unsaturated/α-hetero) is 1. The van der Waals surface area contributed by atoms with Crippen molar-refractivity contribution in [1.82, 2.24) is 0 Å². The standard InChI is InChI=1S/C23H28O5/c1-23-12-11-17-16-8-6-15(28-22(27)4-2-3-21(25)26)13-14(16)5-7-18(17)19(23)9-10-20(23)24/h6,8,13,17-19H,2-5,7,9-12H2,1H3,(H,25,26)/t17-,18-,19+,23+/m1/s1. The molecule has 3 aliphatic rings. The van der Waals surface area contributed by atoms with Gasteiger partial charge in [-0.05, 0) is 79.5 Å². The highest BCUT2D eigenvalue weighted by Crippen LogP contribution is 2.59. The number of rotatable bonds is 5. The second-order valence-corrected chi connectivity index (χ2v) is 8.92. The van der Waals surface area contributed by atoms with Crippen molar-refractivity contribution < 1.29 is 24.2 Å². The van der Waals surface area contributed by atoms with Crippen LogP contribution in [0.25, 0.3) is 0 Å². The molecule has 28 heavy (non-hydrogen) atoms. The molecule has 5 nitrogen and oxygen atoms in total. The quantitative estimate of drug-likeness (QED) is 0.606. The van der Waals surface area contributed by atoms with Gasteiger partial charge in [-0.3, -0.25) is 14.4 Å². The molecule has 0 saturated heterocycles. The van der Waals surface area contributed by atoms with Crippen LogP contribution in [0.4, 0.5) is 0 Å². The molecule has 0 unspecified atom stereocenters. The minimum Gasteiger partial charge on any atom is -0.481 e. The Morgan fingerprint density at radius 1 is 1.18 bits per heavy atom. The Morgan fingerprint density at radius 2 is 2.00 bits per heavy atom. The van der Waals surface area contributed by atoms with Gasteiger partial charge in [0.2, 0.25) is 0 Å². The second kappa shape index (κ2) is 7.34. The molecule has 4 atom stereocenters. The van der Waals surface area contributed by atoms with Crippen LogP contribution in [0, 0.1) is 17.3 Å². The number of carbonyl (C=O) groups excluding carboxylic acids is 2. The highest BCUT2D eigenvalue weighted by atomic mass is 16.5. The van der Waals surface area contributed by atoms with E-state index in [0.29, 0.717) is 35.7 Å². The predicted molar refractivity (Wildman–Crippen MR) is 103 cm³/mol. The van der Waals surface area contributed by atoms with Crippen molar-refractivity contribution in [3.63, 3.8) is 0 Å². The lowest BCUT2D eigenvalue weighted by Gasteiger charge is -2.48. The van der Waals surface area contributed by atoms with Gasteiger partial charge in [-0.1, -0.05) is 13.0 Å². The first-order chi connectivity index (χ1) is 13.4. The first kappa shape index (κ1) is 19.2. The number of aryl methyl sites for hydroxylation is 1. The Kier molecular flexibility index (Phi) is 5.02. The van der Waals surface area contributed by atoms with Gasteiger partial charge in [0, 0.05) is 24.7 Å². The molecule has 0 spiro atoms. The summed E-state index contributed by atoms with van der Waals surface area (Å²) in [5.74, 6) is 1.34. The number of carbonyl (C=O) groups is 3. The van der Waals surface area contributed by atoms with E-state index in [1.165, 1.54) is 11.1 Å². The fraction of sp³-hybridized carbons (Fsp3) is 0.609. The fourth-order valence-corrected chi connectivity index (χ4v) is 5.96. The number of carboxylic acid groups (broad SMARTS) is 1. The predicted octanol–water partition coefficient (Wildman–Crippen LogP) is 4.27. The van der Waals surface area contributed by atoms with Crippen molar-refractivity contribution in [1.29, 1.82) is 0 Å². The summed E-state index contributed by atoms with van der Waals surface area (Å²) < 4.78 is 5.42. The van der Waals surface area contributed by atoms with Crippen molar-refractivity contribution in [2.24, 2.45) is 17.3 Å². The molecule has 0 aliphatic heterocycles. The van der Waals surface area contributed by atoms with Gasteiger partial charge >= 0.3 is 11.9 Å². The van der Waals surface area contributed by atoms with Crippen molar-refractivity contribution in [3.05, 3.63) is 29.3 Å². The smallest absolute Gasteiger partial charge is 0.311 e. The van der Waals surface area contributed by atoms with Crippen LogP contribution in [0.5, 0.6) is 5.75 Å². The monoisotopic (exact) mass is 384 g/mol. The zero-order valence-corrected chi connectivity index (χ0v) is 16.4. The van der Waals surface area contributed by atoms with Gasteiger partial charge in [-0.15, -0.1) is 0 Å². The molecule has 0 aromatic heterocycles. The third-order valence-electron chi connectivity index (χ3n) is 7.41. The number of ether oxygens (including phenoxy) is 1. The average Bonchev–Trinajstić information content (AvgIpc) is 2.96. The van der Waals surface area contributed by atoms with Crippen LogP contribution in [0.3, 0.4) is 0 Å². The number of benzene rings is 1. The van der Waals surface area contributed by atoms with Crippen molar-refractivity contribution in [2.75, 3.05) is 0 Å². The maximum Gasteiger partial charge on any atom is 0.311 e. The minimum absolute atomic E-state index is 0.0229. The number of hydrogen-bond acceptors (Lipinski definition) is 4. The van der Waals surface area contributed by atoms with Crippen molar-refractivity contribution in [2.45, 2.75) is 70.6 Å². The van der Waals surface area contributed by atoms with Gasteiger partial charge in [0.25, 0.3) is 0 Å². The molecule has 0 bridgehead atoms. The summed E-state index contributed by atoms with van der Waals surface area (Å²) >= 11 is 0. The lowest BCUT2D eigenvalue weighted by Crippen LogP contribution is -2.42. The third kappa shape index (κ3) is 3.36. The number of aliphatic carboxylic acids is 1. The average molecular weight is 384 g/mol. The number of esters is 1. The molecule has 3 aliphatic carbocycles. The molecule has 5 heteroatoms. The molecule has 4 rings (SSSR count). The van der Waals surface area contributed by atoms with Gasteiger partial charge in [0.05, 0.1) is 0 Å². The Hall–Kier alpha value is -2.17. The first-order valence-corrected chi connectivity index (χ1v) is 10.5. The van der Waals surface area contributed by atoms with Crippen LogP contribution >= 0.6 is 0 Å². The molecule has 2 saturated carbocycles. The summed E-state index contributed by atoms with van der Waals surface area (Å²) in [6.45, 7) is 2.19. The number of hydrogen-bond donors (Lipinski definition) is 1. The zero-order chi connectivity index (χ0) is 19.9. The van der Waals surface area contributed by atoms with E-state index < -0.39 is 5.97 Å². The van der Waals surface area contributed by atoms with E-state index in [2.05, 4.69) is 13.0 Å². The highest BCUT2D eigenvalue weighted by Gasteiger charge is 2.54. The number of ketones is 1. The minimum atomic E-state index is -0.899. The van der Waals surface area contributed by atoms with Gasteiger partial charge < -0.3 is 9.84 Å². The maximum atomic E-state index is 12.4. The number of carboxylic acids is 1. The topological polar surface area (TPSA) is 80.7 Å². The Morgan fingerprint density at radius 3 is 2.79 bits per heavy atom. The largest absolute Gasteiger partial charge is 0.481 e. The van der Waals surface area contributed by atoms with Crippen LogP contribution in [0.1, 0.15) is 75.3 Å². The molecule has 150 valence electrons. The van der Waals surface area contributed by atoms with E-state index in [0.717, 1.165) is 38.5 Å². The summed E-state index contributed by atoms with van der Waals surface area (Å²) in [5, 5.41) is 8.66. The molecule has 1 aromatic carbocycles. The second-order valence-electron chi connectivity index (χ2n) is 8.92. The lowest BCUT2D eigenvalue weighted by molar-refractivity contribution is -0.137. The molecular weight excluding hydrogens is 356 g/mol. The first-order valence-electron chi connectivity index (χ1n) is 10.5. The summed E-state index contributed by atoms with van der Waals surface area (Å²) in [4.78, 5) is 34.9. The van der Waals surface area contributed by atoms with Crippen LogP contribution in [-0.2, 0) is 20.8 Å². The van der Waals surface area contributed by atoms with E-state index >= 15 is 0 Å². The summed E-state index contributed by atoms with van der Waals surface area (Å²) in [6, 6.07) is 5.95. The van der Waals surface area contributed by atoms with Gasteiger partial charge in [-0.25, -0.2) is 0 Å². The van der Waals surface area contributed by atoms with E-state index in [1.807, 2.05) is 12.1 Å². The Balaban J connectivity index is 1.45. The van der Waals surface area contributed by atoms with Crippen LogP contribution in [0.15, 0.2) is 18.2 Å². The lowest BCUT2D eigenvalue weighted by atomic mass is 9.55. The molecule has 1 aromatic rings. The van der Waals surface area contributed by atoms with E-state index in [1.54, 1.807) is 0 Å². The molecule has 0 heterocycles. The highest BCUT2D eigenvalue weighted by molar-refractivity contribution is 5.87.